The van der Waals surface area contributed by atoms with Crippen LogP contribution in [0.5, 0.6) is 0 Å². The number of pyridine rings is 8. The fourth-order valence-corrected chi connectivity index (χ4v) is 16.9. The normalized spacial score (nSPS) is 10.7. The molecule has 24 aromatic rings. The summed E-state index contributed by atoms with van der Waals surface area (Å²) >= 11 is 0. The van der Waals surface area contributed by atoms with Crippen LogP contribution < -0.4 is 0 Å². The van der Waals surface area contributed by atoms with Crippen LogP contribution in [0, 0.1) is 111 Å². The monoisotopic (exact) mass is 2660 g/mol. The standard InChI is InChI=1S/C20H16NO.C19H14NO.2C18H12NO.2C15H16N.2C14H14N.4Ir/c1-12-4-5-19-15(8-12)16-9-14(3)10-17(20(16)22-19)18-11-13(2)6-7-21-18;1-12-7-10-16(20-11-12)14-9-8-13(2)18-15-5-3-4-6-17(15)21-19(14)18;1-12-9-10-19-16(11-12)15-7-4-6-14-13-5-2-3-8-17(13)20-18(14)15;1-12-9-10-16(19-11-12)15-7-4-6-14-13-5-2-3-8-17(13)20-18(14)15;1-11(2)13-5-7-14(8-6-13)15-9-4-12(3)10-16-15;1-11(2)13-4-6-14(7-5-13)15-10-12(3)8-9-16-15;2*1-11(2)12-6-8-13(9-7-12)14-5-3-4-10-15-14;;;;/h4-9,11H,1-3H3;3-8,10-11H,1-2H3;2*2-6,8-11H,1H3;4-7,9-11H,1-3H3;4-6,8-11H,1-3H3;2*3-8,10-11H,1-2H3;;;;/q8*-1;;;;. The molecule has 0 aliphatic heterocycles. The van der Waals surface area contributed by atoms with Crippen molar-refractivity contribution in [1.82, 2.24) is 39.9 Å². The Balaban J connectivity index is 0.000000142. The minimum absolute atomic E-state index is 0. The van der Waals surface area contributed by atoms with E-state index in [2.05, 4.69) is 331 Å². The SMILES string of the molecule is CC(C)c1c[c-]c(-c2ccccn2)cc1.CC(C)c1c[c-]c(-c2ccccn2)cc1.Cc1[c-]c(-c2cc(C)ccn2)c2oc3ccc(C)cc3c2c1.Cc1ccc(-c2[c-]cc(C(C)C)cc2)nc1.Cc1ccc(-c2[c-]cc(C)c3c2oc2ccccc23)nc1.Cc1ccc(-c2[c-]ccc3c2oc2ccccc23)nc1.Cc1ccnc(-c2[c-]cc(C(C)C)cc2)c1.Cc1ccnc(-c2[c-]ccc3c2oc2ccccc23)c1.[Ir].[Ir].[Ir].[Ir]. The summed E-state index contributed by atoms with van der Waals surface area (Å²) in [6.07, 6.45) is 14.7. The molecule has 12 nitrogen and oxygen atoms in total. The molecular weight excluding hydrogens is 2540 g/mol. The zero-order chi connectivity index (χ0) is 101. The predicted molar refractivity (Wildman–Crippen MR) is 596 cm³/mol. The summed E-state index contributed by atoms with van der Waals surface area (Å²) in [7, 11) is 0. The summed E-state index contributed by atoms with van der Waals surface area (Å²) in [6.45, 7) is 36.1. The second-order valence-corrected chi connectivity index (χ2v) is 37.7. The molecule has 0 fully saturated rings. The molecule has 0 saturated carbocycles. The van der Waals surface area contributed by atoms with Crippen molar-refractivity contribution in [3.63, 3.8) is 0 Å². The van der Waals surface area contributed by atoms with Crippen molar-refractivity contribution in [2.24, 2.45) is 0 Å². The molecule has 12 aromatic heterocycles. The van der Waals surface area contributed by atoms with E-state index >= 15 is 0 Å². The minimum atomic E-state index is 0. The van der Waals surface area contributed by atoms with E-state index in [-0.39, 0.29) is 80.4 Å². The molecule has 0 saturated heterocycles. The van der Waals surface area contributed by atoms with Crippen molar-refractivity contribution in [2.45, 2.75) is 141 Å². The molecule has 12 heterocycles. The maximum absolute atomic E-state index is 6.12. The first-order valence-electron chi connectivity index (χ1n) is 49.2. The molecular formula is C133H114Ir4N8O4-8. The van der Waals surface area contributed by atoms with Gasteiger partial charge in [-0.3, -0.25) is 0 Å². The number of hydrogen-bond acceptors (Lipinski definition) is 12. The molecule has 754 valence electrons. The van der Waals surface area contributed by atoms with Crippen LogP contribution in [0.25, 0.3) is 178 Å². The fraction of sp³-hybridized carbons (Fsp3) is 0.158. The summed E-state index contributed by atoms with van der Waals surface area (Å²) < 4.78 is 24.2. The van der Waals surface area contributed by atoms with Gasteiger partial charge in [0.2, 0.25) is 0 Å². The van der Waals surface area contributed by atoms with Crippen molar-refractivity contribution in [3.8, 4) is 90.1 Å². The van der Waals surface area contributed by atoms with Crippen LogP contribution >= 0.6 is 0 Å². The average molecular weight is 2660 g/mol. The summed E-state index contributed by atoms with van der Waals surface area (Å²) in [5.41, 5.74) is 38.3. The molecule has 149 heavy (non-hydrogen) atoms. The second-order valence-electron chi connectivity index (χ2n) is 37.7. The van der Waals surface area contributed by atoms with Gasteiger partial charge in [0.25, 0.3) is 0 Å². The number of furan rings is 4. The summed E-state index contributed by atoms with van der Waals surface area (Å²) in [5.74, 6) is 2.21. The second kappa shape index (κ2) is 52.5. The smallest absolute Gasteiger partial charge is 0.120 e. The van der Waals surface area contributed by atoms with E-state index in [1.807, 2.05) is 222 Å². The number of aromatic nitrogens is 8. The largest absolute Gasteiger partial charge is 0.501 e. The summed E-state index contributed by atoms with van der Waals surface area (Å²) in [6, 6.07) is 130. The summed E-state index contributed by atoms with van der Waals surface area (Å²) in [5, 5.41) is 9.06. The van der Waals surface area contributed by atoms with Gasteiger partial charge in [-0.25, -0.2) is 0 Å². The fourth-order valence-electron chi connectivity index (χ4n) is 16.9. The first-order chi connectivity index (χ1) is 70.4. The van der Waals surface area contributed by atoms with Gasteiger partial charge >= 0.3 is 0 Å². The van der Waals surface area contributed by atoms with Crippen LogP contribution in [-0.4, -0.2) is 39.9 Å². The van der Waals surface area contributed by atoms with Crippen molar-refractivity contribution >= 4 is 87.8 Å². The van der Waals surface area contributed by atoms with E-state index < -0.39 is 0 Å². The number of aryl methyl sites for hydroxylation is 9. The number of benzene rings is 12. The van der Waals surface area contributed by atoms with Gasteiger partial charge < -0.3 is 57.5 Å². The van der Waals surface area contributed by atoms with E-state index in [1.165, 1.54) is 55.6 Å². The number of rotatable bonds is 12. The summed E-state index contributed by atoms with van der Waals surface area (Å²) in [4.78, 5) is 35.3. The van der Waals surface area contributed by atoms with Crippen molar-refractivity contribution < 1.29 is 98.1 Å². The Kier molecular flexibility index (Phi) is 39.4. The third kappa shape index (κ3) is 27.8. The van der Waals surface area contributed by atoms with E-state index in [4.69, 9.17) is 17.7 Å². The molecule has 0 bridgehead atoms. The van der Waals surface area contributed by atoms with Crippen molar-refractivity contribution in [3.05, 3.63) is 480 Å². The van der Waals surface area contributed by atoms with Gasteiger partial charge in [0.05, 0.1) is 22.3 Å². The Labute approximate surface area is 928 Å². The van der Waals surface area contributed by atoms with Gasteiger partial charge in [0, 0.05) is 152 Å². The number of nitrogens with zero attached hydrogens (tertiary/aromatic N) is 8. The van der Waals surface area contributed by atoms with Gasteiger partial charge in [-0.15, -0.1) is 213 Å². The first-order valence-corrected chi connectivity index (χ1v) is 49.2. The molecule has 16 heteroatoms. The number of fused-ring (bicyclic) bond motifs is 12. The van der Waals surface area contributed by atoms with Gasteiger partial charge in [-0.2, -0.15) is 0 Å². The van der Waals surface area contributed by atoms with Gasteiger partial charge in [0.1, 0.15) is 22.3 Å². The van der Waals surface area contributed by atoms with E-state index in [0.717, 1.165) is 195 Å². The maximum atomic E-state index is 6.12. The molecule has 0 N–H and O–H groups in total. The molecule has 12 aromatic carbocycles. The average Bonchev–Trinajstić information content (AvgIpc) is 1.64. The Hall–Kier alpha value is -14.4. The van der Waals surface area contributed by atoms with E-state index in [9.17, 15) is 0 Å². The first kappa shape index (κ1) is 112. The molecule has 0 amide bonds. The van der Waals surface area contributed by atoms with Crippen LogP contribution in [-0.2, 0) is 80.4 Å². The van der Waals surface area contributed by atoms with Crippen LogP contribution in [0.15, 0.2) is 377 Å². The Morgan fingerprint density at radius 2 is 0.557 bits per heavy atom. The number of para-hydroxylation sites is 3. The van der Waals surface area contributed by atoms with Crippen LogP contribution in [0.1, 0.15) is 151 Å². The van der Waals surface area contributed by atoms with Gasteiger partial charge in [-0.1, -0.05) is 298 Å². The third-order valence-electron chi connectivity index (χ3n) is 25.1. The topological polar surface area (TPSA) is 156 Å². The minimum Gasteiger partial charge on any atom is -0.501 e. The quantitative estimate of drug-likeness (QED) is 0.107. The predicted octanol–water partition coefficient (Wildman–Crippen LogP) is 35.2. The molecule has 0 spiro atoms. The molecule has 0 aliphatic carbocycles. The number of hydrogen-bond donors (Lipinski definition) is 0. The molecule has 0 atom stereocenters. The molecule has 4 radical (unpaired) electrons. The van der Waals surface area contributed by atoms with Crippen LogP contribution in [0.3, 0.4) is 0 Å². The zero-order valence-electron chi connectivity index (χ0n) is 86.4. The molecule has 0 unspecified atom stereocenters. The van der Waals surface area contributed by atoms with Crippen LogP contribution in [0.2, 0.25) is 0 Å². The Bertz CT molecular complexity index is 8420. The maximum Gasteiger partial charge on any atom is 0.120 e. The van der Waals surface area contributed by atoms with Gasteiger partial charge in [0.15, 0.2) is 0 Å². The zero-order valence-corrected chi connectivity index (χ0v) is 96.0. The Morgan fingerprint density at radius 3 is 0.960 bits per heavy atom. The van der Waals surface area contributed by atoms with E-state index in [1.54, 1.807) is 12.4 Å². The van der Waals surface area contributed by atoms with Crippen LogP contribution in [0.4, 0.5) is 0 Å². The molecule has 0 aliphatic rings. The third-order valence-corrected chi connectivity index (χ3v) is 25.1. The van der Waals surface area contributed by atoms with Crippen molar-refractivity contribution in [2.75, 3.05) is 0 Å². The van der Waals surface area contributed by atoms with Gasteiger partial charge in [-0.05, 0) is 171 Å². The van der Waals surface area contributed by atoms with E-state index in [0.29, 0.717) is 23.7 Å². The van der Waals surface area contributed by atoms with Crippen molar-refractivity contribution in [1.29, 1.82) is 0 Å². The Morgan fingerprint density at radius 1 is 0.221 bits per heavy atom. The molecule has 24 rings (SSSR count).